The molecular weight excluding hydrogens is 429 g/mol. The van der Waals surface area contributed by atoms with Gasteiger partial charge in [0.25, 0.3) is 10.0 Å². The van der Waals surface area contributed by atoms with Gasteiger partial charge < -0.3 is 9.47 Å². The molecule has 0 aromatic heterocycles. The van der Waals surface area contributed by atoms with Crippen LogP contribution in [0.2, 0.25) is 5.02 Å². The van der Waals surface area contributed by atoms with Gasteiger partial charge in [-0.3, -0.25) is 4.31 Å². The fraction of sp³-hybridized carbons (Fsp3) is 0.182. The molecule has 5 nitrogen and oxygen atoms in total. The average Bonchev–Trinajstić information content (AvgIpc) is 2.75. The van der Waals surface area contributed by atoms with Gasteiger partial charge in [0.05, 0.1) is 35.9 Å². The van der Waals surface area contributed by atoms with Crippen molar-refractivity contribution in [1.82, 2.24) is 0 Å². The molecule has 30 heavy (non-hydrogen) atoms. The molecule has 158 valence electrons. The van der Waals surface area contributed by atoms with Crippen molar-refractivity contribution >= 4 is 27.3 Å². The van der Waals surface area contributed by atoms with Crippen molar-refractivity contribution in [3.8, 4) is 11.5 Å². The first-order chi connectivity index (χ1) is 14.3. The Balaban J connectivity index is 2.19. The molecule has 0 bridgehead atoms. The van der Waals surface area contributed by atoms with Crippen molar-refractivity contribution in [3.05, 3.63) is 83.1 Å². The Kier molecular flexibility index (Phi) is 6.53. The lowest BCUT2D eigenvalue weighted by atomic mass is 10.1. The van der Waals surface area contributed by atoms with Gasteiger partial charge in [-0.1, -0.05) is 29.8 Å². The number of nitrogens with zero attached hydrogens (tertiary/aromatic N) is 1. The van der Waals surface area contributed by atoms with Gasteiger partial charge in [-0.15, -0.1) is 0 Å². The number of rotatable bonds is 7. The molecule has 0 radical (unpaired) electrons. The van der Waals surface area contributed by atoms with Crippen LogP contribution < -0.4 is 13.8 Å². The van der Waals surface area contributed by atoms with Crippen molar-refractivity contribution < 1.29 is 22.3 Å². The first kappa shape index (κ1) is 21.9. The minimum atomic E-state index is -4.10. The monoisotopic (exact) mass is 449 g/mol. The lowest BCUT2D eigenvalue weighted by molar-refractivity contribution is 0.407. The van der Waals surface area contributed by atoms with Crippen molar-refractivity contribution in [3.63, 3.8) is 0 Å². The third kappa shape index (κ3) is 4.22. The molecule has 3 aromatic carbocycles. The molecule has 8 heteroatoms. The Bertz CT molecular complexity index is 1140. The number of sulfonamides is 1. The predicted octanol–water partition coefficient (Wildman–Crippen LogP) is 5.45. The first-order valence-corrected chi connectivity index (χ1v) is 10.9. The van der Waals surface area contributed by atoms with E-state index >= 15 is 0 Å². The van der Waals surface area contributed by atoms with Crippen LogP contribution in [0.1, 0.15) is 18.5 Å². The highest BCUT2D eigenvalue weighted by Gasteiger charge is 2.32. The minimum Gasteiger partial charge on any atom is -0.497 e. The maximum absolute atomic E-state index is 13.6. The van der Waals surface area contributed by atoms with Gasteiger partial charge in [-0.25, -0.2) is 12.8 Å². The smallest absolute Gasteiger partial charge is 0.264 e. The maximum atomic E-state index is 13.6. The zero-order valence-corrected chi connectivity index (χ0v) is 18.2. The van der Waals surface area contributed by atoms with E-state index in [1.165, 1.54) is 24.6 Å². The van der Waals surface area contributed by atoms with E-state index in [1.807, 2.05) is 6.07 Å². The Labute approximate surface area is 180 Å². The highest BCUT2D eigenvalue weighted by atomic mass is 35.5. The molecule has 0 aliphatic rings. The zero-order valence-electron chi connectivity index (χ0n) is 16.7. The largest absolute Gasteiger partial charge is 0.497 e. The lowest BCUT2D eigenvalue weighted by Gasteiger charge is -2.31. The number of hydrogen-bond donors (Lipinski definition) is 0. The van der Waals surface area contributed by atoms with E-state index in [0.717, 1.165) is 12.1 Å². The number of methoxy groups -OCH3 is 2. The van der Waals surface area contributed by atoms with Gasteiger partial charge in [-0.05, 0) is 55.5 Å². The number of anilines is 1. The van der Waals surface area contributed by atoms with Gasteiger partial charge in [-0.2, -0.15) is 0 Å². The summed E-state index contributed by atoms with van der Waals surface area (Å²) in [5.41, 5.74) is 1.09. The average molecular weight is 450 g/mol. The molecule has 0 saturated carbocycles. The SMILES string of the molecule is COc1ccc(N([C@@H](C)c2ccccc2OC)S(=O)(=O)c2ccc(F)c(Cl)c2)cc1. The van der Waals surface area contributed by atoms with E-state index in [-0.39, 0.29) is 9.92 Å². The van der Waals surface area contributed by atoms with Crippen molar-refractivity contribution in [2.24, 2.45) is 0 Å². The maximum Gasteiger partial charge on any atom is 0.264 e. The first-order valence-electron chi connectivity index (χ1n) is 9.06. The molecule has 0 aliphatic carbocycles. The Morgan fingerprint density at radius 2 is 1.63 bits per heavy atom. The van der Waals surface area contributed by atoms with Gasteiger partial charge in [0.15, 0.2) is 0 Å². The van der Waals surface area contributed by atoms with Gasteiger partial charge >= 0.3 is 0 Å². The highest BCUT2D eigenvalue weighted by Crippen LogP contribution is 2.37. The molecule has 1 atom stereocenters. The molecule has 0 spiro atoms. The second kappa shape index (κ2) is 8.93. The quantitative estimate of drug-likeness (QED) is 0.481. The van der Waals surface area contributed by atoms with Gasteiger partial charge in [0.1, 0.15) is 17.3 Å². The fourth-order valence-corrected chi connectivity index (χ4v) is 5.10. The van der Waals surface area contributed by atoms with E-state index < -0.39 is 21.9 Å². The molecule has 0 heterocycles. The summed E-state index contributed by atoms with van der Waals surface area (Å²) in [5, 5.41) is -0.268. The van der Waals surface area contributed by atoms with Gasteiger partial charge in [0, 0.05) is 5.56 Å². The van der Waals surface area contributed by atoms with E-state index in [4.69, 9.17) is 21.1 Å². The zero-order chi connectivity index (χ0) is 21.9. The molecule has 0 fully saturated rings. The van der Waals surface area contributed by atoms with Crippen LogP contribution >= 0.6 is 11.6 Å². The van der Waals surface area contributed by atoms with Crippen LogP contribution in [0, 0.1) is 5.82 Å². The van der Waals surface area contributed by atoms with E-state index in [2.05, 4.69) is 0 Å². The van der Waals surface area contributed by atoms with Crippen molar-refractivity contribution in [1.29, 1.82) is 0 Å². The molecule has 0 amide bonds. The van der Waals surface area contributed by atoms with Gasteiger partial charge in [0.2, 0.25) is 0 Å². The van der Waals surface area contributed by atoms with Crippen LogP contribution in [0.25, 0.3) is 0 Å². The summed E-state index contributed by atoms with van der Waals surface area (Å²) in [6.45, 7) is 1.75. The van der Waals surface area contributed by atoms with E-state index in [0.29, 0.717) is 22.7 Å². The predicted molar refractivity (Wildman–Crippen MR) is 115 cm³/mol. The summed E-state index contributed by atoms with van der Waals surface area (Å²) < 4.78 is 52.8. The number of para-hydroxylation sites is 1. The van der Waals surface area contributed by atoms with Crippen LogP contribution in [0.15, 0.2) is 71.6 Å². The highest BCUT2D eigenvalue weighted by molar-refractivity contribution is 7.92. The van der Waals surface area contributed by atoms with Crippen LogP contribution in [0.5, 0.6) is 11.5 Å². The van der Waals surface area contributed by atoms with Crippen molar-refractivity contribution in [2.75, 3.05) is 18.5 Å². The van der Waals surface area contributed by atoms with E-state index in [1.54, 1.807) is 49.4 Å². The standard InChI is InChI=1S/C22H21ClFNO4S/c1-15(19-6-4-5-7-22(19)29-3)25(16-8-10-17(28-2)11-9-16)30(26,27)18-12-13-21(24)20(23)14-18/h4-15H,1-3H3/t15-/m0/s1. The third-order valence-electron chi connectivity index (χ3n) is 4.72. The summed E-state index contributed by atoms with van der Waals surface area (Å²) in [7, 11) is -1.04. The third-order valence-corrected chi connectivity index (χ3v) is 6.90. The summed E-state index contributed by atoms with van der Waals surface area (Å²) in [6, 6.07) is 16.5. The van der Waals surface area contributed by atoms with E-state index in [9.17, 15) is 12.8 Å². The van der Waals surface area contributed by atoms with Crippen LogP contribution in [-0.2, 0) is 10.0 Å². The fourth-order valence-electron chi connectivity index (χ4n) is 3.19. The molecule has 0 saturated heterocycles. The summed E-state index contributed by atoms with van der Waals surface area (Å²) in [6.07, 6.45) is 0. The Hall–Kier alpha value is -2.77. The molecule has 3 aromatic rings. The Morgan fingerprint density at radius 1 is 0.967 bits per heavy atom. The number of ether oxygens (including phenoxy) is 2. The molecule has 0 unspecified atom stereocenters. The van der Waals surface area contributed by atoms with Crippen LogP contribution in [0.3, 0.4) is 0 Å². The summed E-state index contributed by atoms with van der Waals surface area (Å²) in [5.74, 6) is 0.450. The lowest BCUT2D eigenvalue weighted by Crippen LogP contribution is -2.34. The number of hydrogen-bond acceptors (Lipinski definition) is 4. The molecule has 0 aliphatic heterocycles. The molecular formula is C22H21ClFNO4S. The normalized spacial score (nSPS) is 12.3. The Morgan fingerprint density at radius 3 is 2.23 bits per heavy atom. The topological polar surface area (TPSA) is 55.8 Å². The molecule has 3 rings (SSSR count). The second-order valence-electron chi connectivity index (χ2n) is 6.49. The number of halogens is 2. The second-order valence-corrected chi connectivity index (χ2v) is 8.71. The van der Waals surface area contributed by atoms with Crippen LogP contribution in [0.4, 0.5) is 10.1 Å². The minimum absolute atomic E-state index is 0.119. The summed E-state index contributed by atoms with van der Waals surface area (Å²) in [4.78, 5) is -0.119. The van der Waals surface area contributed by atoms with Crippen LogP contribution in [-0.4, -0.2) is 22.6 Å². The summed E-state index contributed by atoms with van der Waals surface area (Å²) >= 11 is 5.86. The van der Waals surface area contributed by atoms with Crippen molar-refractivity contribution in [2.45, 2.75) is 17.9 Å². The molecule has 0 N–H and O–H groups in total. The number of benzene rings is 3.